The van der Waals surface area contributed by atoms with Crippen LogP contribution in [0.25, 0.3) is 0 Å². The molecular weight excluding hydrogens is 229 g/mol. The van der Waals surface area contributed by atoms with Crippen molar-refractivity contribution in [1.82, 2.24) is 4.90 Å². The zero-order valence-corrected chi connectivity index (χ0v) is 11.3. The highest BCUT2D eigenvalue weighted by Gasteiger charge is 2.23. The van der Waals surface area contributed by atoms with Gasteiger partial charge in [0.2, 0.25) is 0 Å². The predicted molar refractivity (Wildman–Crippen MR) is 71.7 cm³/mol. The van der Waals surface area contributed by atoms with E-state index in [0.717, 1.165) is 38.0 Å². The molecule has 0 aromatic heterocycles. The van der Waals surface area contributed by atoms with Crippen LogP contribution in [0.15, 0.2) is 18.2 Å². The summed E-state index contributed by atoms with van der Waals surface area (Å²) in [5, 5.41) is 0. The van der Waals surface area contributed by atoms with Crippen molar-refractivity contribution < 1.29 is 9.13 Å². The Morgan fingerprint density at radius 1 is 1.28 bits per heavy atom. The summed E-state index contributed by atoms with van der Waals surface area (Å²) >= 11 is 0. The first-order valence-corrected chi connectivity index (χ1v) is 6.89. The molecule has 1 aromatic rings. The van der Waals surface area contributed by atoms with Crippen molar-refractivity contribution in [3.63, 3.8) is 0 Å². The molecule has 0 spiro atoms. The Balaban J connectivity index is 2.15. The van der Waals surface area contributed by atoms with Crippen LogP contribution >= 0.6 is 0 Å². The van der Waals surface area contributed by atoms with Gasteiger partial charge in [-0.1, -0.05) is 19.1 Å². The molecule has 1 aliphatic heterocycles. The third-order valence-corrected chi connectivity index (χ3v) is 3.76. The molecule has 0 radical (unpaired) electrons. The number of nitrogens with zero attached hydrogens (tertiary/aromatic N) is 1. The van der Waals surface area contributed by atoms with Gasteiger partial charge in [0.05, 0.1) is 6.61 Å². The largest absolute Gasteiger partial charge is 0.491 e. The normalized spacial score (nSPS) is 17.9. The third kappa shape index (κ3) is 2.83. The van der Waals surface area contributed by atoms with Gasteiger partial charge in [-0.05, 0) is 51.4 Å². The van der Waals surface area contributed by atoms with Crippen LogP contribution in [0, 0.1) is 5.82 Å². The zero-order chi connectivity index (χ0) is 13.0. The summed E-state index contributed by atoms with van der Waals surface area (Å²) in [5.41, 5.74) is 1.05. The number of likely N-dealkylation sites (tertiary alicyclic amines) is 1. The quantitative estimate of drug-likeness (QED) is 0.813. The maximum atomic E-state index is 13.8. The maximum absolute atomic E-state index is 13.8. The van der Waals surface area contributed by atoms with E-state index in [1.54, 1.807) is 6.07 Å². The zero-order valence-electron chi connectivity index (χ0n) is 11.3. The van der Waals surface area contributed by atoms with Crippen molar-refractivity contribution in [2.45, 2.75) is 32.6 Å². The number of hydrogen-bond donors (Lipinski definition) is 0. The number of ether oxygens (including phenoxy) is 1. The van der Waals surface area contributed by atoms with Crippen molar-refractivity contribution in [1.29, 1.82) is 0 Å². The number of benzene rings is 1. The molecule has 18 heavy (non-hydrogen) atoms. The summed E-state index contributed by atoms with van der Waals surface area (Å²) in [5.74, 6) is 0.673. The van der Waals surface area contributed by atoms with Crippen molar-refractivity contribution in [3.05, 3.63) is 29.6 Å². The van der Waals surface area contributed by atoms with Crippen LogP contribution < -0.4 is 4.74 Å². The summed E-state index contributed by atoms with van der Waals surface area (Å²) in [6, 6.07) is 5.29. The van der Waals surface area contributed by atoms with E-state index in [0.29, 0.717) is 18.3 Å². The highest BCUT2D eigenvalue weighted by molar-refractivity contribution is 5.38. The predicted octanol–water partition coefficient (Wildman–Crippen LogP) is 3.42. The topological polar surface area (TPSA) is 12.5 Å². The minimum atomic E-state index is -0.229. The lowest BCUT2D eigenvalue weighted by molar-refractivity contribution is 0.218. The van der Waals surface area contributed by atoms with Crippen LogP contribution in [-0.4, -0.2) is 31.1 Å². The first kappa shape index (κ1) is 13.3. The molecule has 0 N–H and O–H groups in total. The van der Waals surface area contributed by atoms with Crippen molar-refractivity contribution in [2.24, 2.45) is 0 Å². The highest BCUT2D eigenvalue weighted by Crippen LogP contribution is 2.35. The lowest BCUT2D eigenvalue weighted by atomic mass is 9.88. The summed E-state index contributed by atoms with van der Waals surface area (Å²) < 4.78 is 19.3. The second-order valence-electron chi connectivity index (χ2n) is 4.80. The van der Waals surface area contributed by atoms with E-state index in [-0.39, 0.29) is 5.82 Å². The lowest BCUT2D eigenvalue weighted by Gasteiger charge is -2.32. The maximum Gasteiger partial charge on any atom is 0.165 e. The van der Waals surface area contributed by atoms with Gasteiger partial charge in [-0.15, -0.1) is 0 Å². The van der Waals surface area contributed by atoms with Crippen LogP contribution in [-0.2, 0) is 0 Å². The molecule has 0 bridgehead atoms. The second-order valence-corrected chi connectivity index (χ2v) is 4.80. The van der Waals surface area contributed by atoms with Crippen LogP contribution in [0.1, 0.15) is 38.2 Å². The van der Waals surface area contributed by atoms with Crippen LogP contribution in [0.3, 0.4) is 0 Å². The fourth-order valence-electron chi connectivity index (χ4n) is 2.70. The minimum absolute atomic E-state index is 0.229. The summed E-state index contributed by atoms with van der Waals surface area (Å²) in [6.07, 6.45) is 2.19. The molecule has 0 saturated carbocycles. The van der Waals surface area contributed by atoms with E-state index < -0.39 is 0 Å². The molecule has 1 heterocycles. The van der Waals surface area contributed by atoms with Crippen molar-refractivity contribution in [3.8, 4) is 5.75 Å². The Morgan fingerprint density at radius 2 is 2.00 bits per heavy atom. The van der Waals surface area contributed by atoms with E-state index >= 15 is 0 Å². The fourth-order valence-corrected chi connectivity index (χ4v) is 2.70. The first-order chi connectivity index (χ1) is 8.76. The van der Waals surface area contributed by atoms with Gasteiger partial charge < -0.3 is 9.64 Å². The first-order valence-electron chi connectivity index (χ1n) is 6.89. The molecule has 2 nitrogen and oxygen atoms in total. The molecule has 0 amide bonds. The van der Waals surface area contributed by atoms with Crippen molar-refractivity contribution >= 4 is 0 Å². The van der Waals surface area contributed by atoms with Gasteiger partial charge >= 0.3 is 0 Å². The van der Waals surface area contributed by atoms with Gasteiger partial charge in [0.15, 0.2) is 11.6 Å². The van der Waals surface area contributed by atoms with Crippen LogP contribution in [0.2, 0.25) is 0 Å². The molecule has 2 rings (SSSR count). The summed E-state index contributed by atoms with van der Waals surface area (Å²) in [4.78, 5) is 2.44. The number of para-hydroxylation sites is 1. The van der Waals surface area contributed by atoms with Gasteiger partial charge in [-0.2, -0.15) is 0 Å². The van der Waals surface area contributed by atoms with E-state index in [2.05, 4.69) is 11.8 Å². The van der Waals surface area contributed by atoms with E-state index in [1.165, 1.54) is 6.07 Å². The Morgan fingerprint density at radius 3 is 2.61 bits per heavy atom. The molecule has 1 aliphatic rings. The Kier molecular flexibility index (Phi) is 4.59. The van der Waals surface area contributed by atoms with Gasteiger partial charge in [0.1, 0.15) is 0 Å². The van der Waals surface area contributed by atoms with E-state index in [9.17, 15) is 4.39 Å². The monoisotopic (exact) mass is 251 g/mol. The molecular formula is C15H22FNO. The fraction of sp³-hybridized carbons (Fsp3) is 0.600. The van der Waals surface area contributed by atoms with Crippen molar-refractivity contribution in [2.75, 3.05) is 26.2 Å². The average molecular weight is 251 g/mol. The van der Waals surface area contributed by atoms with Gasteiger partial charge in [0.25, 0.3) is 0 Å². The average Bonchev–Trinajstić information content (AvgIpc) is 2.41. The molecule has 1 fully saturated rings. The molecule has 1 saturated heterocycles. The number of halogens is 1. The number of hydrogen-bond acceptors (Lipinski definition) is 2. The highest BCUT2D eigenvalue weighted by atomic mass is 19.1. The number of piperidine rings is 1. The third-order valence-electron chi connectivity index (χ3n) is 3.76. The molecule has 1 aromatic carbocycles. The molecule has 0 aliphatic carbocycles. The molecule has 3 heteroatoms. The standard InChI is InChI=1S/C15H22FNO/c1-3-17-10-8-12(9-11-17)13-6-5-7-14(16)15(13)18-4-2/h5-7,12H,3-4,8-11H2,1-2H3. The lowest BCUT2D eigenvalue weighted by Crippen LogP contribution is -2.32. The van der Waals surface area contributed by atoms with Crippen LogP contribution in [0.5, 0.6) is 5.75 Å². The molecule has 0 unspecified atom stereocenters. The number of rotatable bonds is 4. The smallest absolute Gasteiger partial charge is 0.165 e. The van der Waals surface area contributed by atoms with Gasteiger partial charge in [-0.25, -0.2) is 4.39 Å². The van der Waals surface area contributed by atoms with Gasteiger partial charge in [0, 0.05) is 5.56 Å². The van der Waals surface area contributed by atoms with E-state index in [1.807, 2.05) is 13.0 Å². The SMILES string of the molecule is CCOc1c(F)cccc1C1CCN(CC)CC1. The summed E-state index contributed by atoms with van der Waals surface area (Å²) in [7, 11) is 0. The Hall–Kier alpha value is -1.09. The Bertz CT molecular complexity index is 386. The Labute approximate surface area is 109 Å². The molecule has 0 atom stereocenters. The van der Waals surface area contributed by atoms with Gasteiger partial charge in [-0.3, -0.25) is 0 Å². The van der Waals surface area contributed by atoms with E-state index in [4.69, 9.17) is 4.74 Å². The van der Waals surface area contributed by atoms with Crippen LogP contribution in [0.4, 0.5) is 4.39 Å². The summed E-state index contributed by atoms with van der Waals surface area (Å²) in [6.45, 7) is 7.91. The second kappa shape index (κ2) is 6.19. The molecule has 100 valence electrons. The minimum Gasteiger partial charge on any atom is -0.491 e.